The molecule has 1 saturated heterocycles. The van der Waals surface area contributed by atoms with Crippen LogP contribution in [0.15, 0.2) is 27.6 Å². The highest BCUT2D eigenvalue weighted by Crippen LogP contribution is 2.34. The van der Waals surface area contributed by atoms with Gasteiger partial charge in [-0.2, -0.15) is 4.31 Å². The van der Waals surface area contributed by atoms with Crippen molar-refractivity contribution in [3.8, 4) is 5.75 Å². The quantitative estimate of drug-likeness (QED) is 0.811. The van der Waals surface area contributed by atoms with Gasteiger partial charge in [0.15, 0.2) is 0 Å². The number of ether oxygens (including phenoxy) is 1. The van der Waals surface area contributed by atoms with Crippen LogP contribution in [0.5, 0.6) is 5.75 Å². The maximum atomic E-state index is 12.9. The van der Waals surface area contributed by atoms with Gasteiger partial charge in [-0.15, -0.1) is 0 Å². The summed E-state index contributed by atoms with van der Waals surface area (Å²) < 4.78 is 33.3. The molecule has 0 N–H and O–H groups in total. The first kappa shape index (κ1) is 16.8. The van der Waals surface area contributed by atoms with Crippen molar-refractivity contribution in [3.05, 3.63) is 22.7 Å². The van der Waals surface area contributed by atoms with Gasteiger partial charge in [0.05, 0.1) is 16.5 Å². The van der Waals surface area contributed by atoms with E-state index in [1.807, 2.05) is 6.92 Å². The molecule has 3 atom stereocenters. The van der Waals surface area contributed by atoms with Crippen LogP contribution in [0.2, 0.25) is 0 Å². The van der Waals surface area contributed by atoms with Crippen LogP contribution in [0.25, 0.3) is 0 Å². The van der Waals surface area contributed by atoms with E-state index in [2.05, 4.69) is 29.8 Å². The first-order valence-corrected chi connectivity index (χ1v) is 9.36. The van der Waals surface area contributed by atoms with Crippen molar-refractivity contribution in [2.45, 2.75) is 38.1 Å². The molecular weight excluding hydrogens is 354 g/mol. The Morgan fingerprint density at radius 3 is 2.52 bits per heavy atom. The molecule has 4 nitrogen and oxygen atoms in total. The molecule has 1 aromatic carbocycles. The Labute approximate surface area is 135 Å². The monoisotopic (exact) mass is 375 g/mol. The summed E-state index contributed by atoms with van der Waals surface area (Å²) in [4.78, 5) is 0.309. The van der Waals surface area contributed by atoms with Crippen molar-refractivity contribution in [1.29, 1.82) is 0 Å². The topological polar surface area (TPSA) is 46.6 Å². The van der Waals surface area contributed by atoms with Crippen LogP contribution in [0.3, 0.4) is 0 Å². The number of hydrogen-bond donors (Lipinski definition) is 0. The fourth-order valence-corrected chi connectivity index (χ4v) is 5.49. The van der Waals surface area contributed by atoms with Crippen molar-refractivity contribution < 1.29 is 13.2 Å². The molecule has 1 aromatic rings. The van der Waals surface area contributed by atoms with Gasteiger partial charge in [-0.3, -0.25) is 0 Å². The fraction of sp³-hybridized carbons (Fsp3) is 0.600. The molecule has 3 unspecified atom stereocenters. The van der Waals surface area contributed by atoms with E-state index in [1.165, 1.54) is 0 Å². The van der Waals surface area contributed by atoms with Crippen LogP contribution in [-0.4, -0.2) is 32.4 Å². The predicted molar refractivity (Wildman–Crippen MR) is 87.0 cm³/mol. The largest absolute Gasteiger partial charge is 0.496 e. The molecule has 0 bridgehead atoms. The van der Waals surface area contributed by atoms with Gasteiger partial charge in [0.1, 0.15) is 5.75 Å². The average molecular weight is 376 g/mol. The van der Waals surface area contributed by atoms with Gasteiger partial charge in [0, 0.05) is 12.6 Å². The normalized spacial score (nSPS) is 27.6. The minimum atomic E-state index is -3.48. The molecule has 6 heteroatoms. The number of piperidine rings is 1. The lowest BCUT2D eigenvalue weighted by Gasteiger charge is -2.40. The molecule has 118 valence electrons. The minimum Gasteiger partial charge on any atom is -0.496 e. The Bertz CT molecular complexity index is 617. The predicted octanol–water partition coefficient (Wildman–Crippen LogP) is 3.51. The maximum Gasteiger partial charge on any atom is 0.243 e. The lowest BCUT2D eigenvalue weighted by Crippen LogP contribution is -2.48. The summed E-state index contributed by atoms with van der Waals surface area (Å²) in [6, 6.07) is 4.92. The van der Waals surface area contributed by atoms with E-state index in [9.17, 15) is 8.42 Å². The maximum absolute atomic E-state index is 12.9. The van der Waals surface area contributed by atoms with Gasteiger partial charge in [-0.1, -0.05) is 13.8 Å². The summed E-state index contributed by atoms with van der Waals surface area (Å²) >= 11 is 3.35. The van der Waals surface area contributed by atoms with E-state index in [0.29, 0.717) is 33.5 Å². The molecule has 1 fully saturated rings. The van der Waals surface area contributed by atoms with Gasteiger partial charge in [0.25, 0.3) is 0 Å². The zero-order valence-corrected chi connectivity index (χ0v) is 15.2. The number of nitrogens with zero attached hydrogens (tertiary/aromatic N) is 1. The SMILES string of the molecule is COc1ccc(S(=O)(=O)N2CC(C)CC(C)C2C)cc1Br. The molecule has 1 heterocycles. The van der Waals surface area contributed by atoms with Gasteiger partial charge in [-0.05, 0) is 59.3 Å². The summed E-state index contributed by atoms with van der Waals surface area (Å²) in [6.45, 7) is 6.80. The van der Waals surface area contributed by atoms with Gasteiger partial charge < -0.3 is 4.74 Å². The summed E-state index contributed by atoms with van der Waals surface area (Å²) in [7, 11) is -1.92. The van der Waals surface area contributed by atoms with Crippen molar-refractivity contribution >= 4 is 26.0 Å². The number of sulfonamides is 1. The molecule has 0 spiro atoms. The minimum absolute atomic E-state index is 0.0204. The van der Waals surface area contributed by atoms with E-state index >= 15 is 0 Å². The van der Waals surface area contributed by atoms with E-state index in [1.54, 1.807) is 29.6 Å². The van der Waals surface area contributed by atoms with Crippen molar-refractivity contribution in [1.82, 2.24) is 4.31 Å². The van der Waals surface area contributed by atoms with Gasteiger partial charge in [0.2, 0.25) is 10.0 Å². The first-order valence-electron chi connectivity index (χ1n) is 7.12. The molecule has 0 saturated carbocycles. The highest BCUT2D eigenvalue weighted by atomic mass is 79.9. The molecule has 0 aromatic heterocycles. The third-order valence-corrected chi connectivity index (χ3v) is 6.84. The average Bonchev–Trinajstić information content (AvgIpc) is 2.42. The van der Waals surface area contributed by atoms with Crippen molar-refractivity contribution in [3.63, 3.8) is 0 Å². The molecule has 1 aliphatic heterocycles. The van der Waals surface area contributed by atoms with E-state index in [4.69, 9.17) is 4.74 Å². The van der Waals surface area contributed by atoms with Crippen LogP contribution in [-0.2, 0) is 10.0 Å². The molecule has 0 aliphatic carbocycles. The number of rotatable bonds is 3. The summed E-state index contributed by atoms with van der Waals surface area (Å²) in [5.74, 6) is 1.38. The van der Waals surface area contributed by atoms with Crippen LogP contribution < -0.4 is 4.74 Å². The third-order valence-electron chi connectivity index (χ3n) is 4.27. The molecule has 0 amide bonds. The summed E-state index contributed by atoms with van der Waals surface area (Å²) in [5, 5.41) is 0. The van der Waals surface area contributed by atoms with Crippen molar-refractivity contribution in [2.75, 3.05) is 13.7 Å². The number of halogens is 1. The molecule has 2 rings (SSSR count). The second kappa shape index (κ2) is 6.26. The highest BCUT2D eigenvalue weighted by molar-refractivity contribution is 9.10. The van der Waals surface area contributed by atoms with Crippen LogP contribution in [0, 0.1) is 11.8 Å². The van der Waals surface area contributed by atoms with Gasteiger partial charge in [-0.25, -0.2) is 8.42 Å². The smallest absolute Gasteiger partial charge is 0.243 e. The van der Waals surface area contributed by atoms with E-state index in [-0.39, 0.29) is 6.04 Å². The summed E-state index contributed by atoms with van der Waals surface area (Å²) in [6.07, 6.45) is 1.07. The van der Waals surface area contributed by atoms with E-state index in [0.717, 1.165) is 6.42 Å². The lowest BCUT2D eigenvalue weighted by atomic mass is 9.88. The second-order valence-corrected chi connectivity index (χ2v) is 8.67. The molecular formula is C15H22BrNO3S. The second-order valence-electron chi connectivity index (χ2n) is 5.93. The standard InChI is InChI=1S/C15H22BrNO3S/c1-10-7-11(2)12(3)17(9-10)21(18,19)13-5-6-15(20-4)14(16)8-13/h5-6,8,10-12H,7,9H2,1-4H3. The number of hydrogen-bond acceptors (Lipinski definition) is 3. The van der Waals surface area contributed by atoms with Gasteiger partial charge >= 0.3 is 0 Å². The fourth-order valence-electron chi connectivity index (χ4n) is 2.92. The third kappa shape index (κ3) is 3.27. The highest BCUT2D eigenvalue weighted by Gasteiger charge is 2.37. The zero-order chi connectivity index (χ0) is 15.8. The zero-order valence-electron chi connectivity index (χ0n) is 12.8. The lowest BCUT2D eigenvalue weighted by molar-refractivity contribution is 0.157. The molecule has 0 radical (unpaired) electrons. The Hall–Kier alpha value is -0.590. The first-order chi connectivity index (χ1) is 9.77. The van der Waals surface area contributed by atoms with Crippen LogP contribution in [0.4, 0.5) is 0 Å². The van der Waals surface area contributed by atoms with E-state index < -0.39 is 10.0 Å². The number of benzene rings is 1. The Kier molecular flexibility index (Phi) is 5.00. The van der Waals surface area contributed by atoms with Crippen molar-refractivity contribution in [2.24, 2.45) is 11.8 Å². The van der Waals surface area contributed by atoms with Crippen LogP contribution >= 0.6 is 15.9 Å². The Morgan fingerprint density at radius 2 is 1.95 bits per heavy atom. The molecule has 1 aliphatic rings. The number of methoxy groups -OCH3 is 1. The van der Waals surface area contributed by atoms with Crippen LogP contribution in [0.1, 0.15) is 27.2 Å². The summed E-state index contributed by atoms with van der Waals surface area (Å²) in [5.41, 5.74) is 0. The molecule has 21 heavy (non-hydrogen) atoms. The Morgan fingerprint density at radius 1 is 1.29 bits per heavy atom. The Balaban J connectivity index is 2.39.